The van der Waals surface area contributed by atoms with Crippen LogP contribution in [0.1, 0.15) is 62.4 Å². The number of rotatable bonds is 0. The Morgan fingerprint density at radius 3 is 2.44 bits per heavy atom. The van der Waals surface area contributed by atoms with Crippen molar-refractivity contribution in [3.63, 3.8) is 0 Å². The zero-order chi connectivity index (χ0) is 19.8. The fourth-order valence-corrected chi connectivity index (χ4v) is 3.86. The van der Waals surface area contributed by atoms with Crippen molar-refractivity contribution in [2.24, 2.45) is 0 Å². The molecule has 4 atom stereocenters. The molecule has 0 saturated heterocycles. The van der Waals surface area contributed by atoms with Gasteiger partial charge < -0.3 is 25.5 Å². The number of phenols is 1. The highest BCUT2D eigenvalue weighted by Crippen LogP contribution is 2.48. The van der Waals surface area contributed by atoms with Gasteiger partial charge in [0, 0.05) is 11.1 Å². The first-order chi connectivity index (χ1) is 12.6. The Balaban J connectivity index is 2.13. The molecule has 2 aliphatic carbocycles. The van der Waals surface area contributed by atoms with Crippen LogP contribution in [0.3, 0.4) is 0 Å². The first-order valence-corrected chi connectivity index (χ1v) is 8.01. The fourth-order valence-electron chi connectivity index (χ4n) is 3.86. The molecule has 9 heteroatoms. The minimum Gasteiger partial charge on any atom is -0.507 e. The first kappa shape index (κ1) is 17.4. The Hall–Kier alpha value is -3.03. The Labute approximate surface area is 152 Å². The van der Waals surface area contributed by atoms with Gasteiger partial charge in [0.1, 0.15) is 35.4 Å². The molecule has 5 N–H and O–H groups in total. The number of aliphatic hydroxyl groups is 4. The van der Waals surface area contributed by atoms with E-state index in [-0.39, 0.29) is 27.9 Å². The van der Waals surface area contributed by atoms with Gasteiger partial charge in [-0.15, -0.1) is 0 Å². The number of ketones is 2. The average Bonchev–Trinajstić information content (AvgIpc) is 2.98. The number of aromatic nitrogens is 1. The van der Waals surface area contributed by atoms with E-state index in [1.54, 1.807) is 6.19 Å². The van der Waals surface area contributed by atoms with E-state index < -0.39 is 46.9 Å². The second-order valence-electron chi connectivity index (χ2n) is 6.83. The van der Waals surface area contributed by atoms with E-state index in [0.29, 0.717) is 4.57 Å². The number of aromatic hydroxyl groups is 1. The van der Waals surface area contributed by atoms with Crippen molar-refractivity contribution < 1.29 is 35.1 Å². The summed E-state index contributed by atoms with van der Waals surface area (Å²) in [6, 6.07) is 3.89. The Bertz CT molecular complexity index is 1080. The van der Waals surface area contributed by atoms with Crippen molar-refractivity contribution in [1.82, 2.24) is 4.57 Å². The highest BCUT2D eigenvalue weighted by atomic mass is 16.4. The second-order valence-corrected chi connectivity index (χ2v) is 6.83. The lowest BCUT2D eigenvalue weighted by Crippen LogP contribution is -2.52. The fraction of sp³-hybridized carbons (Fsp3) is 0.278. The summed E-state index contributed by atoms with van der Waals surface area (Å²) < 4.78 is 0.661. The molecule has 4 rings (SSSR count). The van der Waals surface area contributed by atoms with Crippen LogP contribution in [0.5, 0.6) is 5.75 Å². The van der Waals surface area contributed by atoms with E-state index in [4.69, 9.17) is 0 Å². The molecule has 0 aliphatic heterocycles. The molecule has 0 bridgehead atoms. The lowest BCUT2D eigenvalue weighted by molar-refractivity contribution is -0.183. The van der Waals surface area contributed by atoms with Crippen molar-refractivity contribution in [3.8, 4) is 11.9 Å². The van der Waals surface area contributed by atoms with Crippen LogP contribution in [0.15, 0.2) is 18.2 Å². The summed E-state index contributed by atoms with van der Waals surface area (Å²) in [6.45, 7) is 1.06. The normalized spacial score (nSPS) is 29.0. The van der Waals surface area contributed by atoms with E-state index in [0.717, 1.165) is 6.92 Å². The number of fused-ring (bicyclic) bond motifs is 4. The Morgan fingerprint density at radius 1 is 1.15 bits per heavy atom. The topological polar surface area (TPSA) is 164 Å². The van der Waals surface area contributed by atoms with Crippen molar-refractivity contribution in [3.05, 3.63) is 51.8 Å². The maximum absolute atomic E-state index is 13.0. The summed E-state index contributed by atoms with van der Waals surface area (Å²) in [5.41, 5.74) is -4.07. The molecule has 0 saturated carbocycles. The number of aliphatic hydroxyl groups excluding tert-OH is 3. The minimum absolute atomic E-state index is 0.126. The van der Waals surface area contributed by atoms with Crippen LogP contribution in [0.25, 0.3) is 0 Å². The van der Waals surface area contributed by atoms with Crippen LogP contribution in [-0.4, -0.2) is 53.4 Å². The van der Waals surface area contributed by atoms with Crippen molar-refractivity contribution in [2.75, 3.05) is 0 Å². The van der Waals surface area contributed by atoms with Gasteiger partial charge >= 0.3 is 0 Å². The first-order valence-electron chi connectivity index (χ1n) is 8.01. The van der Waals surface area contributed by atoms with Gasteiger partial charge in [0.25, 0.3) is 0 Å². The van der Waals surface area contributed by atoms with E-state index in [1.807, 2.05) is 0 Å². The predicted molar refractivity (Wildman–Crippen MR) is 87.0 cm³/mol. The van der Waals surface area contributed by atoms with Crippen LogP contribution in [0.2, 0.25) is 0 Å². The molecule has 0 spiro atoms. The van der Waals surface area contributed by atoms with Crippen molar-refractivity contribution in [2.45, 2.75) is 30.8 Å². The molecule has 0 unspecified atom stereocenters. The molecule has 27 heavy (non-hydrogen) atoms. The molecular weight excluding hydrogens is 356 g/mol. The molecule has 1 aromatic carbocycles. The van der Waals surface area contributed by atoms with Gasteiger partial charge in [-0.1, -0.05) is 12.1 Å². The third kappa shape index (κ3) is 1.90. The third-order valence-corrected chi connectivity index (χ3v) is 5.31. The number of phenolic OH excluding ortho intramolecular Hbond substituents is 1. The van der Waals surface area contributed by atoms with E-state index >= 15 is 0 Å². The molecule has 0 amide bonds. The van der Waals surface area contributed by atoms with Crippen LogP contribution < -0.4 is 0 Å². The van der Waals surface area contributed by atoms with Crippen LogP contribution in [-0.2, 0) is 0 Å². The lowest BCUT2D eigenvalue weighted by Gasteiger charge is -2.41. The smallest absolute Gasteiger partial charge is 0.215 e. The molecular formula is C18H14N2O7. The number of carbonyl (C=O) groups is 2. The zero-order valence-corrected chi connectivity index (χ0v) is 13.9. The maximum Gasteiger partial charge on any atom is 0.215 e. The van der Waals surface area contributed by atoms with Gasteiger partial charge in [-0.05, 0) is 13.0 Å². The van der Waals surface area contributed by atoms with Crippen LogP contribution in [0.4, 0.5) is 0 Å². The summed E-state index contributed by atoms with van der Waals surface area (Å²) in [7, 11) is 0. The largest absolute Gasteiger partial charge is 0.507 e. The van der Waals surface area contributed by atoms with Crippen molar-refractivity contribution in [1.29, 1.82) is 5.26 Å². The maximum atomic E-state index is 13.0. The molecule has 0 fully saturated rings. The van der Waals surface area contributed by atoms with Gasteiger partial charge in [0.15, 0.2) is 12.0 Å². The quantitative estimate of drug-likeness (QED) is 0.353. The monoisotopic (exact) mass is 370 g/mol. The highest BCUT2D eigenvalue weighted by molar-refractivity contribution is 6.29. The summed E-state index contributed by atoms with van der Waals surface area (Å²) in [5, 5.41) is 61.2. The van der Waals surface area contributed by atoms with E-state index in [9.17, 15) is 40.4 Å². The minimum atomic E-state index is -2.23. The summed E-state index contributed by atoms with van der Waals surface area (Å²) in [6.07, 6.45) is -3.88. The van der Waals surface area contributed by atoms with Gasteiger partial charge in [0.05, 0.1) is 16.8 Å². The molecule has 9 nitrogen and oxygen atoms in total. The molecule has 2 aromatic rings. The highest BCUT2D eigenvalue weighted by Gasteiger charge is 2.54. The Kier molecular flexibility index (Phi) is 3.38. The zero-order valence-electron chi connectivity index (χ0n) is 13.9. The second kappa shape index (κ2) is 5.25. The van der Waals surface area contributed by atoms with Gasteiger partial charge in [-0.3, -0.25) is 9.59 Å². The molecule has 2 aliphatic rings. The van der Waals surface area contributed by atoms with Gasteiger partial charge in [-0.2, -0.15) is 5.26 Å². The summed E-state index contributed by atoms with van der Waals surface area (Å²) in [5.74, 6) is -2.05. The SMILES string of the molecule is C[C@@]1(O)[C@H](O)c2c(c3c(n2C#N)C(=O)c2c(O)cccc2C3=O)[C@H](O)[C@H]1O. The predicted octanol–water partition coefficient (Wildman–Crippen LogP) is -0.509. The summed E-state index contributed by atoms with van der Waals surface area (Å²) >= 11 is 0. The van der Waals surface area contributed by atoms with Crippen molar-refractivity contribution >= 4 is 11.6 Å². The molecule has 138 valence electrons. The molecule has 1 heterocycles. The lowest BCUT2D eigenvalue weighted by atomic mass is 9.75. The number of benzene rings is 1. The molecule has 0 radical (unpaired) electrons. The van der Waals surface area contributed by atoms with E-state index in [1.165, 1.54) is 18.2 Å². The Morgan fingerprint density at radius 2 is 1.81 bits per heavy atom. The van der Waals surface area contributed by atoms with Gasteiger partial charge in [0.2, 0.25) is 5.78 Å². The van der Waals surface area contributed by atoms with Gasteiger partial charge in [-0.25, -0.2) is 4.57 Å². The van der Waals surface area contributed by atoms with E-state index in [2.05, 4.69) is 0 Å². The van der Waals surface area contributed by atoms with Crippen LogP contribution >= 0.6 is 0 Å². The third-order valence-electron chi connectivity index (χ3n) is 5.31. The number of nitriles is 1. The standard InChI is InChI=1S/C18H14N2O7/c1-18(27)16(25)12-10(15(24)17(18)26)9-11(20(12)5-19)14(23)8-6(13(9)22)3-2-4-7(8)21/h2-4,15-17,21,24-27H,1H3/t15-,16+,17+,18+/m0/s1. The summed E-state index contributed by atoms with van der Waals surface area (Å²) in [4.78, 5) is 26.0. The average molecular weight is 370 g/mol. The number of nitrogens with zero attached hydrogens (tertiary/aromatic N) is 2. The number of carbonyl (C=O) groups excluding carboxylic acids is 2. The molecule has 1 aromatic heterocycles. The van der Waals surface area contributed by atoms with Crippen LogP contribution in [0, 0.1) is 11.5 Å². The number of hydrogen-bond acceptors (Lipinski definition) is 8. The number of hydrogen-bond donors (Lipinski definition) is 5.